The molecule has 1 N–H and O–H groups in total. The van der Waals surface area contributed by atoms with Crippen molar-refractivity contribution in [2.45, 2.75) is 44.6 Å². The normalized spacial score (nSPS) is 19.6. The van der Waals surface area contributed by atoms with Gasteiger partial charge in [-0.1, -0.05) is 13.0 Å². The molecule has 2 aromatic heterocycles. The third-order valence-corrected chi connectivity index (χ3v) is 5.60. The van der Waals surface area contributed by atoms with Gasteiger partial charge in [0.05, 0.1) is 0 Å². The summed E-state index contributed by atoms with van der Waals surface area (Å²) in [6, 6.07) is 9.27. The van der Waals surface area contributed by atoms with Crippen molar-refractivity contribution in [2.24, 2.45) is 0 Å². The Hall–Kier alpha value is -1.19. The van der Waals surface area contributed by atoms with E-state index in [0.29, 0.717) is 12.0 Å². The lowest BCUT2D eigenvalue weighted by Crippen LogP contribution is -2.26. The molecular weight excluding hydrogens is 264 g/mol. The number of nitrogens with zero attached hydrogens (tertiary/aromatic N) is 1. The molecule has 1 aliphatic rings. The van der Waals surface area contributed by atoms with E-state index in [1.165, 1.54) is 40.3 Å². The Kier molecular flexibility index (Phi) is 4.18. The number of nitrogens with one attached hydrogen (secondary N) is 1. The summed E-state index contributed by atoms with van der Waals surface area (Å²) in [5, 5.41) is 3.54. The molecule has 0 radical (unpaired) electrons. The Morgan fingerprint density at radius 1 is 1.40 bits per heavy atom. The molecular formula is C17H22N2S. The van der Waals surface area contributed by atoms with Crippen LogP contribution in [0.25, 0.3) is 0 Å². The van der Waals surface area contributed by atoms with Crippen LogP contribution >= 0.6 is 11.3 Å². The number of likely N-dealkylation sites (N-methyl/N-ethyl adjacent to an activating group) is 1. The maximum Gasteiger partial charge on any atom is 0.0497 e. The smallest absolute Gasteiger partial charge is 0.0497 e. The topological polar surface area (TPSA) is 24.9 Å². The van der Waals surface area contributed by atoms with Crippen molar-refractivity contribution >= 4 is 11.3 Å². The minimum absolute atomic E-state index is 0.397. The van der Waals surface area contributed by atoms with Gasteiger partial charge in [-0.25, -0.2) is 0 Å². The molecule has 0 aromatic carbocycles. The van der Waals surface area contributed by atoms with Crippen molar-refractivity contribution < 1.29 is 0 Å². The first kappa shape index (κ1) is 13.8. The van der Waals surface area contributed by atoms with Crippen LogP contribution in [0.3, 0.4) is 0 Å². The Bertz CT molecular complexity index is 576. The highest BCUT2D eigenvalue weighted by atomic mass is 32.1. The second-order valence-electron chi connectivity index (χ2n) is 5.47. The summed E-state index contributed by atoms with van der Waals surface area (Å²) in [6.45, 7) is 2.22. The van der Waals surface area contributed by atoms with E-state index in [-0.39, 0.29) is 0 Å². The molecule has 0 fully saturated rings. The van der Waals surface area contributed by atoms with E-state index in [0.717, 1.165) is 6.42 Å². The van der Waals surface area contributed by atoms with Gasteiger partial charge in [-0.3, -0.25) is 4.98 Å². The van der Waals surface area contributed by atoms with Crippen LogP contribution in [0.2, 0.25) is 0 Å². The Morgan fingerprint density at radius 3 is 3.05 bits per heavy atom. The highest BCUT2D eigenvalue weighted by Crippen LogP contribution is 2.40. The fourth-order valence-corrected chi connectivity index (χ4v) is 4.39. The van der Waals surface area contributed by atoms with E-state index in [1.54, 1.807) is 0 Å². The molecule has 2 atom stereocenters. The molecule has 0 spiro atoms. The lowest BCUT2D eigenvalue weighted by atomic mass is 9.81. The first-order valence-electron chi connectivity index (χ1n) is 7.53. The van der Waals surface area contributed by atoms with Gasteiger partial charge in [0.15, 0.2) is 0 Å². The zero-order valence-electron chi connectivity index (χ0n) is 12.2. The molecule has 0 saturated carbocycles. The third-order valence-electron chi connectivity index (χ3n) is 4.29. The maximum atomic E-state index is 4.69. The van der Waals surface area contributed by atoms with Gasteiger partial charge >= 0.3 is 0 Å². The molecule has 2 unspecified atom stereocenters. The lowest BCUT2D eigenvalue weighted by Gasteiger charge is -2.30. The van der Waals surface area contributed by atoms with Gasteiger partial charge in [-0.15, -0.1) is 11.3 Å². The Balaban J connectivity index is 1.94. The van der Waals surface area contributed by atoms with Crippen LogP contribution in [0.4, 0.5) is 0 Å². The van der Waals surface area contributed by atoms with E-state index in [2.05, 4.69) is 48.5 Å². The fraction of sp³-hybridized carbons (Fsp3) is 0.471. The van der Waals surface area contributed by atoms with Gasteiger partial charge in [-0.05, 0) is 56.5 Å². The summed E-state index contributed by atoms with van der Waals surface area (Å²) in [5.41, 5.74) is 2.75. The Morgan fingerprint density at radius 2 is 2.30 bits per heavy atom. The van der Waals surface area contributed by atoms with Gasteiger partial charge < -0.3 is 5.32 Å². The molecule has 106 valence electrons. The number of thiophene rings is 1. The summed E-state index contributed by atoms with van der Waals surface area (Å²) < 4.78 is 0. The quantitative estimate of drug-likeness (QED) is 0.916. The number of fused-ring (bicyclic) bond motifs is 1. The van der Waals surface area contributed by atoms with E-state index in [9.17, 15) is 0 Å². The molecule has 1 aliphatic carbocycles. The lowest BCUT2D eigenvalue weighted by molar-refractivity contribution is 0.420. The highest BCUT2D eigenvalue weighted by molar-refractivity contribution is 7.12. The monoisotopic (exact) mass is 286 g/mol. The second kappa shape index (κ2) is 6.06. The number of aromatic nitrogens is 1. The summed E-state index contributed by atoms with van der Waals surface area (Å²) in [4.78, 5) is 7.61. The molecule has 2 aromatic rings. The third kappa shape index (κ3) is 2.52. The van der Waals surface area contributed by atoms with Crippen LogP contribution < -0.4 is 5.32 Å². The van der Waals surface area contributed by atoms with E-state index in [1.807, 2.05) is 17.5 Å². The number of rotatable bonds is 4. The van der Waals surface area contributed by atoms with Gasteiger partial charge in [0.1, 0.15) is 0 Å². The summed E-state index contributed by atoms with van der Waals surface area (Å²) >= 11 is 1.94. The molecule has 2 nitrogen and oxygen atoms in total. The summed E-state index contributed by atoms with van der Waals surface area (Å²) in [5.74, 6) is 0.508. The van der Waals surface area contributed by atoms with Gasteiger partial charge in [0.2, 0.25) is 0 Å². The van der Waals surface area contributed by atoms with Gasteiger partial charge in [0, 0.05) is 33.6 Å². The second-order valence-corrected chi connectivity index (χ2v) is 6.67. The fourth-order valence-electron chi connectivity index (χ4n) is 3.26. The van der Waals surface area contributed by atoms with Crippen molar-refractivity contribution in [1.82, 2.24) is 10.3 Å². The van der Waals surface area contributed by atoms with Crippen LogP contribution in [0.1, 0.15) is 52.7 Å². The number of hydrogen-bond donors (Lipinski definition) is 1. The highest BCUT2D eigenvalue weighted by Gasteiger charge is 2.29. The molecule has 3 heteroatoms. The first-order chi connectivity index (χ1) is 9.83. The molecule has 0 bridgehead atoms. The van der Waals surface area contributed by atoms with Crippen LogP contribution in [0, 0.1) is 0 Å². The zero-order valence-corrected chi connectivity index (χ0v) is 13.0. The van der Waals surface area contributed by atoms with Crippen molar-refractivity contribution in [2.75, 3.05) is 7.05 Å². The Labute approximate surface area is 125 Å². The molecule has 3 rings (SSSR count). The molecule has 0 aliphatic heterocycles. The SMILES string of the molecule is CCc1ccc(C(NC)C2CCCc3cccnc32)s1. The largest absolute Gasteiger partial charge is 0.312 e. The average Bonchev–Trinajstić information content (AvgIpc) is 2.97. The van der Waals surface area contributed by atoms with Gasteiger partial charge in [0.25, 0.3) is 0 Å². The van der Waals surface area contributed by atoms with Crippen LogP contribution in [0.5, 0.6) is 0 Å². The minimum atomic E-state index is 0.397. The number of hydrogen-bond acceptors (Lipinski definition) is 3. The predicted octanol–water partition coefficient (Wildman–Crippen LogP) is 4.09. The average molecular weight is 286 g/mol. The molecule has 0 saturated heterocycles. The van der Waals surface area contributed by atoms with E-state index in [4.69, 9.17) is 0 Å². The first-order valence-corrected chi connectivity index (χ1v) is 8.34. The molecule has 0 amide bonds. The maximum absolute atomic E-state index is 4.69. The van der Waals surface area contributed by atoms with E-state index < -0.39 is 0 Å². The van der Waals surface area contributed by atoms with E-state index >= 15 is 0 Å². The summed E-state index contributed by atoms with van der Waals surface area (Å²) in [7, 11) is 2.08. The predicted molar refractivity (Wildman–Crippen MR) is 85.4 cm³/mol. The molecule has 20 heavy (non-hydrogen) atoms. The van der Waals surface area contributed by atoms with Crippen molar-refractivity contribution in [1.29, 1.82) is 0 Å². The molecule has 2 heterocycles. The van der Waals surface area contributed by atoms with Gasteiger partial charge in [-0.2, -0.15) is 0 Å². The minimum Gasteiger partial charge on any atom is -0.312 e. The summed E-state index contributed by atoms with van der Waals surface area (Å²) in [6.07, 6.45) is 6.75. The van der Waals surface area contributed by atoms with Crippen LogP contribution in [0.15, 0.2) is 30.5 Å². The standard InChI is InChI=1S/C17H22N2S/c1-3-13-9-10-15(20-13)17(18-2)14-8-4-6-12-7-5-11-19-16(12)14/h5,7,9-11,14,17-18H,3-4,6,8H2,1-2H3. The number of pyridine rings is 1. The van der Waals surface area contributed by atoms with Crippen LogP contribution in [-0.2, 0) is 12.8 Å². The van der Waals surface area contributed by atoms with Crippen molar-refractivity contribution in [3.63, 3.8) is 0 Å². The van der Waals surface area contributed by atoms with Crippen molar-refractivity contribution in [3.05, 3.63) is 51.5 Å². The number of aryl methyl sites for hydroxylation is 2. The zero-order chi connectivity index (χ0) is 13.9. The van der Waals surface area contributed by atoms with Crippen molar-refractivity contribution in [3.8, 4) is 0 Å². The van der Waals surface area contributed by atoms with Crippen LogP contribution in [-0.4, -0.2) is 12.0 Å².